The first-order valence-corrected chi connectivity index (χ1v) is 10.0. The summed E-state index contributed by atoms with van der Waals surface area (Å²) in [5.41, 5.74) is 1.09. The summed E-state index contributed by atoms with van der Waals surface area (Å²) in [6.45, 7) is 6.05. The fourth-order valence-corrected chi connectivity index (χ4v) is 3.71. The fraction of sp³-hybridized carbons (Fsp3) is 0.571. The molecule has 0 aliphatic carbocycles. The first-order valence-electron chi connectivity index (χ1n) is 10.0. The minimum Gasteiger partial charge on any atom is -0.493 e. The number of nitrogens with one attached hydrogen (secondary N) is 1. The number of methoxy groups -OCH3 is 2. The van der Waals surface area contributed by atoms with Crippen molar-refractivity contribution in [2.75, 3.05) is 33.9 Å². The number of aromatic nitrogens is 2. The molecule has 0 spiro atoms. The first kappa shape index (κ1) is 21.1. The molecule has 1 unspecified atom stereocenters. The van der Waals surface area contributed by atoms with Crippen LogP contribution in [0.4, 0.5) is 0 Å². The van der Waals surface area contributed by atoms with Crippen molar-refractivity contribution in [2.45, 2.75) is 45.1 Å². The summed E-state index contributed by atoms with van der Waals surface area (Å²) in [4.78, 5) is 19.1. The summed E-state index contributed by atoms with van der Waals surface area (Å²) < 4.78 is 15.7. The van der Waals surface area contributed by atoms with Crippen LogP contribution in [0.5, 0.6) is 11.5 Å². The van der Waals surface area contributed by atoms with Gasteiger partial charge in [0.25, 0.3) is 0 Å². The molecule has 1 aromatic carbocycles. The van der Waals surface area contributed by atoms with Gasteiger partial charge >= 0.3 is 0 Å². The van der Waals surface area contributed by atoms with Crippen molar-refractivity contribution in [2.24, 2.45) is 0 Å². The Hall–Kier alpha value is -2.61. The predicted molar refractivity (Wildman–Crippen MR) is 108 cm³/mol. The minimum absolute atomic E-state index is 0.0549. The SMILES string of the molecule is COc1ccc(CCNC(=O)C(C)N2CCC(c3noc(C)n3)CC2)cc1OC. The number of nitrogens with zero attached hydrogens (tertiary/aromatic N) is 3. The van der Waals surface area contributed by atoms with Crippen molar-refractivity contribution < 1.29 is 18.8 Å². The molecule has 0 radical (unpaired) electrons. The second kappa shape index (κ2) is 9.73. The second-order valence-electron chi connectivity index (χ2n) is 7.39. The molecule has 29 heavy (non-hydrogen) atoms. The number of hydrogen-bond acceptors (Lipinski definition) is 7. The summed E-state index contributed by atoms with van der Waals surface area (Å²) in [5, 5.41) is 7.08. The van der Waals surface area contributed by atoms with Crippen LogP contribution in [0.2, 0.25) is 0 Å². The van der Waals surface area contributed by atoms with Crippen LogP contribution in [0.25, 0.3) is 0 Å². The molecule has 2 heterocycles. The van der Waals surface area contributed by atoms with Crippen LogP contribution in [0.3, 0.4) is 0 Å². The van der Waals surface area contributed by atoms with Crippen LogP contribution in [0, 0.1) is 6.92 Å². The van der Waals surface area contributed by atoms with Crippen molar-refractivity contribution in [3.63, 3.8) is 0 Å². The number of carbonyl (C=O) groups excluding carboxylic acids is 1. The maximum absolute atomic E-state index is 12.6. The largest absolute Gasteiger partial charge is 0.493 e. The quantitative estimate of drug-likeness (QED) is 0.725. The van der Waals surface area contributed by atoms with E-state index in [4.69, 9.17) is 14.0 Å². The topological polar surface area (TPSA) is 89.7 Å². The third-order valence-corrected chi connectivity index (χ3v) is 5.53. The second-order valence-corrected chi connectivity index (χ2v) is 7.39. The van der Waals surface area contributed by atoms with E-state index in [0.29, 0.717) is 29.9 Å². The van der Waals surface area contributed by atoms with Crippen molar-refractivity contribution in [3.8, 4) is 11.5 Å². The van der Waals surface area contributed by atoms with Crippen LogP contribution in [-0.4, -0.2) is 60.8 Å². The Bertz CT molecular complexity index is 815. The lowest BCUT2D eigenvalue weighted by Crippen LogP contribution is -2.48. The maximum Gasteiger partial charge on any atom is 0.237 e. The van der Waals surface area contributed by atoms with E-state index in [9.17, 15) is 4.79 Å². The molecule has 1 fully saturated rings. The van der Waals surface area contributed by atoms with E-state index in [1.165, 1.54) is 0 Å². The number of benzene rings is 1. The number of carbonyl (C=O) groups is 1. The van der Waals surface area contributed by atoms with Gasteiger partial charge in [0.1, 0.15) is 0 Å². The highest BCUT2D eigenvalue weighted by Crippen LogP contribution is 2.28. The van der Waals surface area contributed by atoms with Gasteiger partial charge in [-0.1, -0.05) is 11.2 Å². The molecule has 0 bridgehead atoms. The van der Waals surface area contributed by atoms with Gasteiger partial charge in [0.05, 0.1) is 20.3 Å². The lowest BCUT2D eigenvalue weighted by atomic mass is 9.95. The van der Waals surface area contributed by atoms with Crippen LogP contribution in [-0.2, 0) is 11.2 Å². The van der Waals surface area contributed by atoms with Gasteiger partial charge in [0, 0.05) is 19.4 Å². The predicted octanol–water partition coefficient (Wildman–Crippen LogP) is 2.32. The molecule has 8 heteroatoms. The zero-order valence-electron chi connectivity index (χ0n) is 17.6. The van der Waals surface area contributed by atoms with Crippen LogP contribution in [0.15, 0.2) is 22.7 Å². The number of hydrogen-bond donors (Lipinski definition) is 1. The molecule has 1 aromatic heterocycles. The van der Waals surface area contributed by atoms with Crippen LogP contribution < -0.4 is 14.8 Å². The van der Waals surface area contributed by atoms with E-state index in [2.05, 4.69) is 20.4 Å². The molecule has 1 aliphatic heterocycles. The molecule has 8 nitrogen and oxygen atoms in total. The van der Waals surface area contributed by atoms with E-state index in [1.54, 1.807) is 21.1 Å². The summed E-state index contributed by atoms with van der Waals surface area (Å²) in [5.74, 6) is 3.15. The van der Waals surface area contributed by atoms with Gasteiger partial charge in [-0.25, -0.2) is 0 Å². The molecule has 0 saturated carbocycles. The molecule has 1 amide bonds. The fourth-order valence-electron chi connectivity index (χ4n) is 3.71. The van der Waals surface area contributed by atoms with Gasteiger partial charge in [0.2, 0.25) is 11.8 Å². The minimum atomic E-state index is -0.159. The Balaban J connectivity index is 1.44. The molecule has 2 aromatic rings. The lowest BCUT2D eigenvalue weighted by Gasteiger charge is -2.34. The van der Waals surface area contributed by atoms with E-state index in [-0.39, 0.29) is 11.9 Å². The number of likely N-dealkylation sites (tertiary alicyclic amines) is 1. The third-order valence-electron chi connectivity index (χ3n) is 5.53. The van der Waals surface area contributed by atoms with E-state index in [0.717, 1.165) is 43.7 Å². The highest BCUT2D eigenvalue weighted by Gasteiger charge is 2.29. The van der Waals surface area contributed by atoms with Gasteiger partial charge in [-0.05, 0) is 57.0 Å². The average Bonchev–Trinajstić information content (AvgIpc) is 3.19. The zero-order valence-corrected chi connectivity index (χ0v) is 17.6. The van der Waals surface area contributed by atoms with Gasteiger partial charge in [-0.2, -0.15) is 4.98 Å². The monoisotopic (exact) mass is 402 g/mol. The zero-order chi connectivity index (χ0) is 20.8. The van der Waals surface area contributed by atoms with Crippen molar-refractivity contribution in [1.29, 1.82) is 0 Å². The third kappa shape index (κ3) is 5.26. The van der Waals surface area contributed by atoms with Gasteiger partial charge < -0.3 is 19.3 Å². The molecule has 158 valence electrons. The highest BCUT2D eigenvalue weighted by atomic mass is 16.5. The smallest absolute Gasteiger partial charge is 0.237 e. The van der Waals surface area contributed by atoms with Gasteiger partial charge in [-0.3, -0.25) is 9.69 Å². The summed E-state index contributed by atoms with van der Waals surface area (Å²) in [6, 6.07) is 5.65. The maximum atomic E-state index is 12.6. The highest BCUT2D eigenvalue weighted by molar-refractivity contribution is 5.81. The Morgan fingerprint density at radius 2 is 2.00 bits per heavy atom. The number of piperidine rings is 1. The Morgan fingerprint density at radius 3 is 2.62 bits per heavy atom. The first-order chi connectivity index (χ1) is 14.0. The van der Waals surface area contributed by atoms with Crippen molar-refractivity contribution in [3.05, 3.63) is 35.5 Å². The van der Waals surface area contributed by atoms with Crippen LogP contribution in [0.1, 0.15) is 43.0 Å². The van der Waals surface area contributed by atoms with E-state index >= 15 is 0 Å². The molecule has 1 N–H and O–H groups in total. The Labute approximate surface area is 171 Å². The van der Waals surface area contributed by atoms with E-state index in [1.807, 2.05) is 25.1 Å². The van der Waals surface area contributed by atoms with Crippen LogP contribution >= 0.6 is 0 Å². The number of aryl methyl sites for hydroxylation is 1. The van der Waals surface area contributed by atoms with Gasteiger partial charge in [-0.15, -0.1) is 0 Å². The molecular weight excluding hydrogens is 372 g/mol. The lowest BCUT2D eigenvalue weighted by molar-refractivity contribution is -0.126. The number of amides is 1. The molecule has 1 aliphatic rings. The molecule has 3 rings (SSSR count). The summed E-state index contributed by atoms with van der Waals surface area (Å²) in [6.07, 6.45) is 2.60. The standard InChI is InChI=1S/C21H30N4O4/c1-14(25-11-8-17(9-12-25)20-23-15(2)29-24-20)21(26)22-10-7-16-5-6-18(27-3)19(13-16)28-4/h5-6,13-14,17H,7-12H2,1-4H3,(H,22,26). The number of rotatable bonds is 8. The Morgan fingerprint density at radius 1 is 1.28 bits per heavy atom. The van der Waals surface area contributed by atoms with E-state index < -0.39 is 0 Å². The Kier molecular flexibility index (Phi) is 7.09. The van der Waals surface area contributed by atoms with Crippen molar-refractivity contribution >= 4 is 5.91 Å². The van der Waals surface area contributed by atoms with Gasteiger partial charge in [0.15, 0.2) is 17.3 Å². The summed E-state index contributed by atoms with van der Waals surface area (Å²) in [7, 11) is 3.24. The molecular formula is C21H30N4O4. The normalized spacial score (nSPS) is 16.4. The van der Waals surface area contributed by atoms with Crippen molar-refractivity contribution in [1.82, 2.24) is 20.4 Å². The molecule has 1 atom stereocenters. The number of ether oxygens (including phenoxy) is 2. The average molecular weight is 402 g/mol. The summed E-state index contributed by atoms with van der Waals surface area (Å²) >= 11 is 0. The molecule has 1 saturated heterocycles.